The fraction of sp³-hybridized carbons (Fsp3) is 0.833. The molecule has 0 spiro atoms. The van der Waals surface area contributed by atoms with Crippen molar-refractivity contribution < 1.29 is 19.4 Å². The lowest BCUT2D eigenvalue weighted by Crippen LogP contribution is -2.50. The molecule has 1 rings (SSSR count). The number of aliphatic carboxylic acids is 1. The molecule has 3 atom stereocenters. The average molecular weight is 258 g/mol. The van der Waals surface area contributed by atoms with E-state index in [-0.39, 0.29) is 18.5 Å². The maximum atomic E-state index is 11.9. The van der Waals surface area contributed by atoms with Gasteiger partial charge in [0.1, 0.15) is 0 Å². The van der Waals surface area contributed by atoms with Gasteiger partial charge in [-0.1, -0.05) is 13.3 Å². The van der Waals surface area contributed by atoms with E-state index in [9.17, 15) is 9.59 Å². The Morgan fingerprint density at radius 1 is 1.56 bits per heavy atom. The highest BCUT2D eigenvalue weighted by molar-refractivity contribution is 5.82. The molecule has 0 bridgehead atoms. The van der Waals surface area contributed by atoms with E-state index < -0.39 is 12.1 Å². The van der Waals surface area contributed by atoms with Crippen LogP contribution in [0.2, 0.25) is 0 Å². The minimum absolute atomic E-state index is 0.000359. The molecule has 18 heavy (non-hydrogen) atoms. The first kappa shape index (κ1) is 14.9. The molecule has 1 aliphatic heterocycles. The van der Waals surface area contributed by atoms with Crippen LogP contribution in [0.15, 0.2) is 0 Å². The third-order valence-corrected chi connectivity index (χ3v) is 3.43. The van der Waals surface area contributed by atoms with Gasteiger partial charge in [-0.05, 0) is 25.3 Å². The first-order valence-corrected chi connectivity index (χ1v) is 6.35. The van der Waals surface area contributed by atoms with Gasteiger partial charge in [-0.15, -0.1) is 0 Å². The number of carboxylic acids is 1. The van der Waals surface area contributed by atoms with Gasteiger partial charge in [-0.25, -0.2) is 4.79 Å². The maximum absolute atomic E-state index is 11.9. The number of hydrogen-bond acceptors (Lipinski definition) is 4. The summed E-state index contributed by atoms with van der Waals surface area (Å²) in [5.74, 6) is -0.642. The van der Waals surface area contributed by atoms with Crippen LogP contribution < -0.4 is 10.6 Å². The number of amides is 1. The summed E-state index contributed by atoms with van der Waals surface area (Å²) in [6.07, 6.45) is 1.99. The molecule has 1 saturated heterocycles. The summed E-state index contributed by atoms with van der Waals surface area (Å²) in [6.45, 7) is 2.96. The van der Waals surface area contributed by atoms with Gasteiger partial charge in [-0.3, -0.25) is 4.79 Å². The molecule has 3 unspecified atom stereocenters. The number of rotatable bonds is 6. The van der Waals surface area contributed by atoms with Crippen LogP contribution in [-0.2, 0) is 14.3 Å². The van der Waals surface area contributed by atoms with Gasteiger partial charge in [0.25, 0.3) is 0 Å². The van der Waals surface area contributed by atoms with E-state index in [4.69, 9.17) is 9.84 Å². The second kappa shape index (κ2) is 7.33. The maximum Gasteiger partial charge on any atom is 0.334 e. The molecule has 0 radical (unpaired) electrons. The minimum Gasteiger partial charge on any atom is -0.479 e. The molecule has 0 aliphatic carbocycles. The molecular weight excluding hydrogens is 236 g/mol. The number of methoxy groups -OCH3 is 1. The summed E-state index contributed by atoms with van der Waals surface area (Å²) < 4.78 is 4.76. The van der Waals surface area contributed by atoms with Crippen LogP contribution >= 0.6 is 0 Å². The Morgan fingerprint density at radius 2 is 2.28 bits per heavy atom. The molecule has 3 N–H and O–H groups in total. The Morgan fingerprint density at radius 3 is 2.83 bits per heavy atom. The van der Waals surface area contributed by atoms with Crippen molar-refractivity contribution in [2.45, 2.75) is 38.3 Å². The smallest absolute Gasteiger partial charge is 0.334 e. The SMILES string of the molecule is CCC1CCNC(C(=O)NCC(OC)C(=O)O)C1. The summed E-state index contributed by atoms with van der Waals surface area (Å²) in [5.41, 5.74) is 0. The Hall–Kier alpha value is -1.14. The zero-order valence-electron chi connectivity index (χ0n) is 10.9. The highest BCUT2D eigenvalue weighted by Crippen LogP contribution is 2.19. The number of hydrogen-bond donors (Lipinski definition) is 3. The Balaban J connectivity index is 2.38. The van der Waals surface area contributed by atoms with Gasteiger partial charge in [0.05, 0.1) is 12.6 Å². The van der Waals surface area contributed by atoms with Crippen molar-refractivity contribution in [3.05, 3.63) is 0 Å². The number of carboxylic acid groups (broad SMARTS) is 1. The van der Waals surface area contributed by atoms with Crippen molar-refractivity contribution >= 4 is 11.9 Å². The molecule has 0 aromatic heterocycles. The van der Waals surface area contributed by atoms with Crippen LogP contribution in [0.25, 0.3) is 0 Å². The lowest BCUT2D eigenvalue weighted by molar-refractivity contribution is -0.148. The normalized spacial score (nSPS) is 25.4. The van der Waals surface area contributed by atoms with Crippen molar-refractivity contribution in [3.8, 4) is 0 Å². The second-order valence-corrected chi connectivity index (χ2v) is 4.61. The van der Waals surface area contributed by atoms with E-state index in [1.165, 1.54) is 7.11 Å². The van der Waals surface area contributed by atoms with E-state index in [0.29, 0.717) is 5.92 Å². The third kappa shape index (κ3) is 4.27. The van der Waals surface area contributed by atoms with Gasteiger partial charge < -0.3 is 20.5 Å². The first-order chi connectivity index (χ1) is 8.58. The lowest BCUT2D eigenvalue weighted by Gasteiger charge is -2.29. The molecule has 6 nitrogen and oxygen atoms in total. The van der Waals surface area contributed by atoms with Gasteiger partial charge in [-0.2, -0.15) is 0 Å². The number of carbonyl (C=O) groups excluding carboxylic acids is 1. The van der Waals surface area contributed by atoms with Gasteiger partial charge >= 0.3 is 5.97 Å². The molecule has 104 valence electrons. The summed E-state index contributed by atoms with van der Waals surface area (Å²) in [4.78, 5) is 22.6. The predicted molar refractivity (Wildman–Crippen MR) is 66.2 cm³/mol. The van der Waals surface area contributed by atoms with Gasteiger partial charge in [0.2, 0.25) is 5.91 Å². The molecule has 1 heterocycles. The van der Waals surface area contributed by atoms with Crippen molar-refractivity contribution in [1.29, 1.82) is 0 Å². The van der Waals surface area contributed by atoms with Crippen molar-refractivity contribution in [2.75, 3.05) is 20.2 Å². The van der Waals surface area contributed by atoms with Crippen molar-refractivity contribution in [3.63, 3.8) is 0 Å². The highest BCUT2D eigenvalue weighted by Gasteiger charge is 2.27. The van der Waals surface area contributed by atoms with E-state index in [1.807, 2.05) is 0 Å². The van der Waals surface area contributed by atoms with E-state index >= 15 is 0 Å². The number of carbonyl (C=O) groups is 2. The summed E-state index contributed by atoms with van der Waals surface area (Å²) in [6, 6.07) is -0.213. The van der Waals surface area contributed by atoms with Crippen molar-refractivity contribution in [2.24, 2.45) is 5.92 Å². The Labute approximate surface area is 107 Å². The summed E-state index contributed by atoms with van der Waals surface area (Å²) >= 11 is 0. The van der Waals surface area contributed by atoms with Crippen molar-refractivity contribution in [1.82, 2.24) is 10.6 Å². The summed E-state index contributed by atoms with van der Waals surface area (Å²) in [7, 11) is 1.32. The lowest BCUT2D eigenvalue weighted by atomic mass is 9.90. The molecule has 6 heteroatoms. The quantitative estimate of drug-likeness (QED) is 0.623. The summed E-state index contributed by atoms with van der Waals surface area (Å²) in [5, 5.41) is 14.6. The standard InChI is InChI=1S/C12H22N2O4/c1-3-8-4-5-13-9(6-8)11(15)14-7-10(18-2)12(16)17/h8-10,13H,3-7H2,1-2H3,(H,14,15)(H,16,17). The Bertz CT molecular complexity index is 296. The fourth-order valence-electron chi connectivity index (χ4n) is 2.15. The molecule has 0 aromatic rings. The monoisotopic (exact) mass is 258 g/mol. The fourth-order valence-corrected chi connectivity index (χ4v) is 2.15. The first-order valence-electron chi connectivity index (χ1n) is 6.35. The van der Waals surface area contributed by atoms with Crippen LogP contribution in [0.4, 0.5) is 0 Å². The van der Waals surface area contributed by atoms with Gasteiger partial charge in [0.15, 0.2) is 6.10 Å². The molecule has 1 aliphatic rings. The predicted octanol–water partition coefficient (Wildman–Crippen LogP) is -0.0196. The van der Waals surface area contributed by atoms with Crippen LogP contribution in [0.3, 0.4) is 0 Å². The van der Waals surface area contributed by atoms with E-state index in [0.717, 1.165) is 25.8 Å². The Kier molecular flexibility index (Phi) is 6.07. The van der Waals surface area contributed by atoms with Crippen LogP contribution in [-0.4, -0.2) is 49.3 Å². The van der Waals surface area contributed by atoms with Crippen LogP contribution in [0.5, 0.6) is 0 Å². The topological polar surface area (TPSA) is 87.7 Å². The number of ether oxygens (including phenoxy) is 1. The molecule has 1 fully saturated rings. The highest BCUT2D eigenvalue weighted by atomic mass is 16.5. The molecular formula is C12H22N2O4. The largest absolute Gasteiger partial charge is 0.479 e. The minimum atomic E-state index is -1.07. The van der Waals surface area contributed by atoms with E-state index in [2.05, 4.69) is 17.6 Å². The van der Waals surface area contributed by atoms with E-state index in [1.54, 1.807) is 0 Å². The number of piperidine rings is 1. The average Bonchev–Trinajstić information content (AvgIpc) is 2.38. The molecule has 0 saturated carbocycles. The number of nitrogens with one attached hydrogen (secondary N) is 2. The zero-order chi connectivity index (χ0) is 13.5. The third-order valence-electron chi connectivity index (χ3n) is 3.43. The zero-order valence-corrected chi connectivity index (χ0v) is 10.9. The molecule has 0 aromatic carbocycles. The molecule has 1 amide bonds. The second-order valence-electron chi connectivity index (χ2n) is 4.61. The van der Waals surface area contributed by atoms with Gasteiger partial charge in [0, 0.05) is 7.11 Å². The van der Waals surface area contributed by atoms with Crippen LogP contribution in [0, 0.1) is 5.92 Å². The van der Waals surface area contributed by atoms with Crippen LogP contribution in [0.1, 0.15) is 26.2 Å².